The molecule has 1 N–H and O–H groups in total. The van der Waals surface area contributed by atoms with Gasteiger partial charge in [-0.1, -0.05) is 38.1 Å². The summed E-state index contributed by atoms with van der Waals surface area (Å²) >= 11 is 0. The third kappa shape index (κ3) is 5.40. The van der Waals surface area contributed by atoms with Crippen molar-refractivity contribution < 1.29 is 14.6 Å². The first-order valence-electron chi connectivity index (χ1n) is 10.1. The van der Waals surface area contributed by atoms with E-state index >= 15 is 0 Å². The van der Waals surface area contributed by atoms with Crippen molar-refractivity contribution >= 4 is 5.69 Å². The van der Waals surface area contributed by atoms with Gasteiger partial charge < -0.3 is 19.5 Å². The molecule has 1 atom stereocenters. The van der Waals surface area contributed by atoms with E-state index in [1.54, 1.807) is 7.11 Å². The van der Waals surface area contributed by atoms with E-state index in [0.717, 1.165) is 43.4 Å². The molecule has 5 nitrogen and oxygen atoms in total. The van der Waals surface area contributed by atoms with E-state index in [9.17, 15) is 5.11 Å². The molecule has 1 unspecified atom stereocenters. The van der Waals surface area contributed by atoms with Gasteiger partial charge in [-0.2, -0.15) is 0 Å². The predicted molar refractivity (Wildman–Crippen MR) is 114 cm³/mol. The van der Waals surface area contributed by atoms with E-state index in [4.69, 9.17) is 9.47 Å². The quantitative estimate of drug-likeness (QED) is 0.756. The zero-order valence-corrected chi connectivity index (χ0v) is 17.2. The summed E-state index contributed by atoms with van der Waals surface area (Å²) in [6.45, 7) is 8.96. The Hall–Kier alpha value is -2.24. The summed E-state index contributed by atoms with van der Waals surface area (Å²) in [5, 5.41) is 10.4. The summed E-state index contributed by atoms with van der Waals surface area (Å²) in [6, 6.07) is 16.3. The molecule has 1 aliphatic rings. The minimum Gasteiger partial charge on any atom is -0.495 e. The van der Waals surface area contributed by atoms with Crippen LogP contribution in [0.4, 0.5) is 5.69 Å². The second-order valence-corrected chi connectivity index (χ2v) is 7.65. The molecular formula is C23H32N2O3. The van der Waals surface area contributed by atoms with Crippen LogP contribution in [0.5, 0.6) is 11.5 Å². The van der Waals surface area contributed by atoms with Gasteiger partial charge in [-0.25, -0.2) is 0 Å². The van der Waals surface area contributed by atoms with Crippen molar-refractivity contribution in [2.75, 3.05) is 51.3 Å². The highest BCUT2D eigenvalue weighted by Gasteiger charge is 2.21. The molecule has 152 valence electrons. The number of hydrogen-bond donors (Lipinski definition) is 1. The number of methoxy groups -OCH3 is 1. The summed E-state index contributed by atoms with van der Waals surface area (Å²) in [6.07, 6.45) is -0.498. The molecule has 2 aromatic rings. The maximum atomic E-state index is 10.4. The summed E-state index contributed by atoms with van der Waals surface area (Å²) < 4.78 is 11.2. The zero-order valence-electron chi connectivity index (χ0n) is 17.2. The lowest BCUT2D eigenvalue weighted by Crippen LogP contribution is -2.49. The highest BCUT2D eigenvalue weighted by molar-refractivity contribution is 5.58. The maximum Gasteiger partial charge on any atom is 0.142 e. The number of benzene rings is 2. The van der Waals surface area contributed by atoms with Crippen LogP contribution in [-0.4, -0.2) is 62.6 Å². The first kappa shape index (κ1) is 20.5. The zero-order chi connectivity index (χ0) is 19.9. The lowest BCUT2D eigenvalue weighted by Gasteiger charge is -2.37. The Morgan fingerprint density at radius 1 is 0.964 bits per heavy atom. The fraction of sp³-hybridized carbons (Fsp3) is 0.478. The smallest absolute Gasteiger partial charge is 0.142 e. The lowest BCUT2D eigenvalue weighted by molar-refractivity contribution is 0.0663. The minimum atomic E-state index is -0.498. The van der Waals surface area contributed by atoms with Gasteiger partial charge in [0.05, 0.1) is 12.8 Å². The summed E-state index contributed by atoms with van der Waals surface area (Å²) in [5.74, 6) is 2.23. The van der Waals surface area contributed by atoms with E-state index < -0.39 is 6.10 Å². The number of para-hydroxylation sites is 2. The predicted octanol–water partition coefficient (Wildman–Crippen LogP) is 3.38. The van der Waals surface area contributed by atoms with Gasteiger partial charge in [0.15, 0.2) is 0 Å². The number of aliphatic hydroxyl groups is 1. The molecular weight excluding hydrogens is 352 g/mol. The average molecular weight is 385 g/mol. The average Bonchev–Trinajstić information content (AvgIpc) is 2.73. The highest BCUT2D eigenvalue weighted by atomic mass is 16.5. The number of anilines is 1. The number of hydrogen-bond acceptors (Lipinski definition) is 5. The standard InChI is InChI=1S/C23H32N2O3/c1-18(2)19-8-10-21(11-9-19)28-17-20(26)16-24-12-14-25(15-13-24)22-6-4-5-7-23(22)27-3/h4-11,18,20,26H,12-17H2,1-3H3. The van der Waals surface area contributed by atoms with E-state index in [0.29, 0.717) is 19.1 Å². The van der Waals surface area contributed by atoms with Crippen LogP contribution in [0.2, 0.25) is 0 Å². The SMILES string of the molecule is COc1ccccc1N1CCN(CC(O)COc2ccc(C(C)C)cc2)CC1. The Kier molecular flexibility index (Phi) is 7.18. The lowest BCUT2D eigenvalue weighted by atomic mass is 10.0. The van der Waals surface area contributed by atoms with Crippen molar-refractivity contribution in [1.82, 2.24) is 4.90 Å². The van der Waals surface area contributed by atoms with Crippen molar-refractivity contribution in [3.05, 3.63) is 54.1 Å². The van der Waals surface area contributed by atoms with Crippen molar-refractivity contribution in [1.29, 1.82) is 0 Å². The van der Waals surface area contributed by atoms with Gasteiger partial charge in [0, 0.05) is 32.7 Å². The van der Waals surface area contributed by atoms with Crippen LogP contribution in [0.15, 0.2) is 48.5 Å². The normalized spacial score (nSPS) is 16.2. The Bertz CT molecular complexity index is 725. The molecule has 5 heteroatoms. The number of nitrogens with zero attached hydrogens (tertiary/aromatic N) is 2. The third-order valence-electron chi connectivity index (χ3n) is 5.26. The molecule has 28 heavy (non-hydrogen) atoms. The van der Waals surface area contributed by atoms with E-state index in [2.05, 4.69) is 41.8 Å². The number of aliphatic hydroxyl groups excluding tert-OH is 1. The molecule has 0 aromatic heterocycles. The minimum absolute atomic E-state index is 0.313. The monoisotopic (exact) mass is 384 g/mol. The van der Waals surface area contributed by atoms with Crippen molar-refractivity contribution in [3.63, 3.8) is 0 Å². The van der Waals surface area contributed by atoms with Crippen molar-refractivity contribution in [3.8, 4) is 11.5 Å². The van der Waals surface area contributed by atoms with Crippen LogP contribution >= 0.6 is 0 Å². The molecule has 1 fully saturated rings. The van der Waals surface area contributed by atoms with Gasteiger partial charge in [-0.3, -0.25) is 4.90 Å². The molecule has 0 saturated carbocycles. The molecule has 1 saturated heterocycles. The number of β-amino-alcohol motifs (C(OH)–C–C–N with tert-alkyl or cyclic N) is 1. The van der Waals surface area contributed by atoms with Gasteiger partial charge in [0.1, 0.15) is 24.2 Å². The second kappa shape index (κ2) is 9.80. The van der Waals surface area contributed by atoms with Gasteiger partial charge >= 0.3 is 0 Å². The number of ether oxygens (including phenoxy) is 2. The first-order valence-corrected chi connectivity index (χ1v) is 10.1. The Morgan fingerprint density at radius 2 is 1.64 bits per heavy atom. The van der Waals surface area contributed by atoms with Gasteiger partial charge in [-0.05, 0) is 35.7 Å². The largest absolute Gasteiger partial charge is 0.495 e. The van der Waals surface area contributed by atoms with Gasteiger partial charge in [0.25, 0.3) is 0 Å². The molecule has 0 bridgehead atoms. The van der Waals surface area contributed by atoms with Crippen LogP contribution < -0.4 is 14.4 Å². The molecule has 1 aliphatic heterocycles. The molecule has 2 aromatic carbocycles. The van der Waals surface area contributed by atoms with Crippen molar-refractivity contribution in [2.45, 2.75) is 25.9 Å². The molecule has 0 radical (unpaired) electrons. The molecule has 0 aliphatic carbocycles. The summed E-state index contributed by atoms with van der Waals surface area (Å²) in [7, 11) is 1.71. The van der Waals surface area contributed by atoms with Crippen LogP contribution in [0, 0.1) is 0 Å². The molecule has 3 rings (SSSR count). The number of piperazine rings is 1. The van der Waals surface area contributed by atoms with E-state index in [-0.39, 0.29) is 0 Å². The highest BCUT2D eigenvalue weighted by Crippen LogP contribution is 2.28. The Labute approximate surface area is 168 Å². The Balaban J connectivity index is 1.43. The van der Waals surface area contributed by atoms with E-state index in [1.807, 2.05) is 30.3 Å². The maximum absolute atomic E-state index is 10.4. The fourth-order valence-electron chi connectivity index (χ4n) is 3.55. The number of rotatable bonds is 8. The van der Waals surface area contributed by atoms with Gasteiger partial charge in [0.2, 0.25) is 0 Å². The van der Waals surface area contributed by atoms with Gasteiger partial charge in [-0.15, -0.1) is 0 Å². The van der Waals surface area contributed by atoms with Crippen LogP contribution in [0.3, 0.4) is 0 Å². The molecule has 1 heterocycles. The first-order chi connectivity index (χ1) is 13.6. The molecule has 0 spiro atoms. The van der Waals surface area contributed by atoms with Crippen LogP contribution in [-0.2, 0) is 0 Å². The van der Waals surface area contributed by atoms with Crippen LogP contribution in [0.25, 0.3) is 0 Å². The van der Waals surface area contributed by atoms with Crippen molar-refractivity contribution in [2.24, 2.45) is 0 Å². The van der Waals surface area contributed by atoms with Crippen LogP contribution in [0.1, 0.15) is 25.3 Å². The molecule has 0 amide bonds. The summed E-state index contributed by atoms with van der Waals surface area (Å²) in [4.78, 5) is 4.64. The summed E-state index contributed by atoms with van der Waals surface area (Å²) in [5.41, 5.74) is 2.43. The Morgan fingerprint density at radius 3 is 2.29 bits per heavy atom. The topological polar surface area (TPSA) is 45.2 Å². The third-order valence-corrected chi connectivity index (χ3v) is 5.26. The fourth-order valence-corrected chi connectivity index (χ4v) is 3.55. The van der Waals surface area contributed by atoms with E-state index in [1.165, 1.54) is 5.56 Å². The second-order valence-electron chi connectivity index (χ2n) is 7.65.